The highest BCUT2D eigenvalue weighted by atomic mass is 32.2. The van der Waals surface area contributed by atoms with Crippen molar-refractivity contribution in [2.45, 2.75) is 45.1 Å². The lowest BCUT2D eigenvalue weighted by molar-refractivity contribution is -0.122. The number of rotatable bonds is 5. The maximum absolute atomic E-state index is 13.0. The molecule has 1 aliphatic heterocycles. The number of carbonyl (C=O) groups excluding carboxylic acids is 1. The number of amides is 1. The number of fused-ring (bicyclic) bond motifs is 1. The SMILES string of the molecule is CCn1c(=NC(=O)C2CCN(S(=O)(=O)c3ccc(C)cc3)CC2)sc2c(C)ccc(OC)c21. The van der Waals surface area contributed by atoms with Gasteiger partial charge >= 0.3 is 0 Å². The molecule has 0 radical (unpaired) electrons. The number of piperidine rings is 1. The fourth-order valence-electron chi connectivity index (χ4n) is 4.21. The largest absolute Gasteiger partial charge is 0.495 e. The molecule has 1 fully saturated rings. The number of sulfonamides is 1. The molecule has 2 heterocycles. The van der Waals surface area contributed by atoms with Crippen molar-refractivity contribution < 1.29 is 17.9 Å². The van der Waals surface area contributed by atoms with E-state index in [2.05, 4.69) is 4.99 Å². The van der Waals surface area contributed by atoms with Crippen LogP contribution in [-0.4, -0.2) is 43.4 Å². The van der Waals surface area contributed by atoms with Crippen LogP contribution in [0.4, 0.5) is 0 Å². The maximum atomic E-state index is 13.0. The van der Waals surface area contributed by atoms with E-state index in [4.69, 9.17) is 4.74 Å². The number of aromatic nitrogens is 1. The van der Waals surface area contributed by atoms with Gasteiger partial charge in [0, 0.05) is 25.6 Å². The number of carbonyl (C=O) groups is 1. The van der Waals surface area contributed by atoms with E-state index in [0.29, 0.717) is 42.2 Å². The van der Waals surface area contributed by atoms with Crippen LogP contribution in [0.5, 0.6) is 5.75 Å². The molecular weight excluding hydrogens is 458 g/mol. The first kappa shape index (κ1) is 23.7. The van der Waals surface area contributed by atoms with Crippen LogP contribution < -0.4 is 9.54 Å². The minimum atomic E-state index is -3.55. The first-order valence-electron chi connectivity index (χ1n) is 11.1. The number of hydrogen-bond donors (Lipinski definition) is 0. The summed E-state index contributed by atoms with van der Waals surface area (Å²) in [5, 5.41) is 0. The highest BCUT2D eigenvalue weighted by Gasteiger charge is 2.32. The molecule has 176 valence electrons. The van der Waals surface area contributed by atoms with E-state index in [-0.39, 0.29) is 11.8 Å². The Balaban J connectivity index is 1.56. The lowest BCUT2D eigenvalue weighted by atomic mass is 9.98. The van der Waals surface area contributed by atoms with Gasteiger partial charge in [0.05, 0.1) is 16.7 Å². The Morgan fingerprint density at radius 1 is 1.12 bits per heavy atom. The molecule has 1 saturated heterocycles. The predicted octanol–water partition coefficient (Wildman–Crippen LogP) is 3.88. The molecule has 0 N–H and O–H groups in total. The van der Waals surface area contributed by atoms with Gasteiger partial charge in [0.1, 0.15) is 11.3 Å². The summed E-state index contributed by atoms with van der Waals surface area (Å²) in [6.45, 7) is 7.27. The summed E-state index contributed by atoms with van der Waals surface area (Å²) in [4.78, 5) is 18.5. The summed E-state index contributed by atoms with van der Waals surface area (Å²) in [6, 6.07) is 10.8. The van der Waals surface area contributed by atoms with Crippen LogP contribution in [0.25, 0.3) is 10.2 Å². The lowest BCUT2D eigenvalue weighted by Gasteiger charge is -2.29. The summed E-state index contributed by atoms with van der Waals surface area (Å²) in [6.07, 6.45) is 0.930. The van der Waals surface area contributed by atoms with Crippen molar-refractivity contribution in [3.63, 3.8) is 0 Å². The van der Waals surface area contributed by atoms with Crippen LogP contribution in [0.15, 0.2) is 46.3 Å². The van der Waals surface area contributed by atoms with Crippen LogP contribution in [0.1, 0.15) is 30.9 Å². The van der Waals surface area contributed by atoms with Gasteiger partial charge in [-0.3, -0.25) is 4.79 Å². The second kappa shape index (κ2) is 9.40. The quantitative estimate of drug-likeness (QED) is 0.547. The van der Waals surface area contributed by atoms with Gasteiger partial charge in [-0.05, 0) is 57.4 Å². The third-order valence-corrected chi connectivity index (χ3v) is 9.32. The average molecular weight is 488 g/mol. The minimum Gasteiger partial charge on any atom is -0.495 e. The molecule has 0 saturated carbocycles. The molecule has 33 heavy (non-hydrogen) atoms. The van der Waals surface area contributed by atoms with Crippen molar-refractivity contribution in [3.05, 3.63) is 52.3 Å². The molecular formula is C24H29N3O4S2. The van der Waals surface area contributed by atoms with Crippen molar-refractivity contribution in [1.82, 2.24) is 8.87 Å². The zero-order chi connectivity index (χ0) is 23.8. The third kappa shape index (κ3) is 4.49. The second-order valence-corrected chi connectivity index (χ2v) is 11.2. The normalized spacial score (nSPS) is 16.4. The fraction of sp³-hybridized carbons (Fsp3) is 0.417. The molecule has 1 aliphatic rings. The zero-order valence-corrected chi connectivity index (χ0v) is 21.0. The molecule has 2 aromatic carbocycles. The number of nitrogens with zero attached hydrogens (tertiary/aromatic N) is 3. The van der Waals surface area contributed by atoms with Gasteiger partial charge in [0.25, 0.3) is 5.91 Å². The molecule has 0 bridgehead atoms. The second-order valence-electron chi connectivity index (χ2n) is 8.33. The van der Waals surface area contributed by atoms with Gasteiger partial charge < -0.3 is 9.30 Å². The van der Waals surface area contributed by atoms with Crippen LogP contribution in [-0.2, 0) is 21.4 Å². The first-order chi connectivity index (χ1) is 15.8. The zero-order valence-electron chi connectivity index (χ0n) is 19.4. The summed E-state index contributed by atoms with van der Waals surface area (Å²) in [5.74, 6) is 0.290. The van der Waals surface area contributed by atoms with E-state index in [1.165, 1.54) is 15.6 Å². The van der Waals surface area contributed by atoms with Crippen LogP contribution >= 0.6 is 11.3 Å². The minimum absolute atomic E-state index is 0.187. The average Bonchev–Trinajstić information content (AvgIpc) is 3.18. The molecule has 0 spiro atoms. The summed E-state index contributed by atoms with van der Waals surface area (Å²) < 4.78 is 36.0. The molecule has 0 aliphatic carbocycles. The molecule has 0 atom stereocenters. The number of aryl methyl sites for hydroxylation is 3. The molecule has 0 unspecified atom stereocenters. The number of benzene rings is 2. The van der Waals surface area contributed by atoms with E-state index in [1.54, 1.807) is 31.4 Å². The Kier molecular flexibility index (Phi) is 6.74. The van der Waals surface area contributed by atoms with E-state index in [9.17, 15) is 13.2 Å². The summed E-state index contributed by atoms with van der Waals surface area (Å²) in [7, 11) is -1.91. The lowest BCUT2D eigenvalue weighted by Crippen LogP contribution is -2.40. The van der Waals surface area contributed by atoms with Crippen molar-refractivity contribution in [3.8, 4) is 5.75 Å². The monoisotopic (exact) mass is 487 g/mol. The van der Waals surface area contributed by atoms with Crippen molar-refractivity contribution in [2.24, 2.45) is 10.9 Å². The van der Waals surface area contributed by atoms with Crippen molar-refractivity contribution in [2.75, 3.05) is 20.2 Å². The molecule has 1 amide bonds. The standard InChI is InChI=1S/C24H29N3O4S2/c1-5-27-21-20(31-4)11-8-17(3)22(21)32-24(27)25-23(28)18-12-14-26(15-13-18)33(29,30)19-9-6-16(2)7-10-19/h6-11,18H,5,12-15H2,1-4H3. The van der Waals surface area contributed by atoms with Gasteiger partial charge in [-0.1, -0.05) is 35.1 Å². The first-order valence-corrected chi connectivity index (χ1v) is 13.3. The van der Waals surface area contributed by atoms with Crippen LogP contribution in [0.2, 0.25) is 0 Å². The maximum Gasteiger partial charge on any atom is 0.251 e. The molecule has 1 aromatic heterocycles. The Labute approximate surface area is 198 Å². The summed E-state index contributed by atoms with van der Waals surface area (Å²) in [5.41, 5.74) is 3.08. The van der Waals surface area contributed by atoms with Gasteiger partial charge in [-0.15, -0.1) is 0 Å². The van der Waals surface area contributed by atoms with Crippen molar-refractivity contribution in [1.29, 1.82) is 0 Å². The smallest absolute Gasteiger partial charge is 0.251 e. The third-order valence-electron chi connectivity index (χ3n) is 6.19. The molecule has 3 aromatic rings. The van der Waals surface area contributed by atoms with E-state index >= 15 is 0 Å². The number of ether oxygens (including phenoxy) is 1. The highest BCUT2D eigenvalue weighted by Crippen LogP contribution is 2.30. The van der Waals surface area contributed by atoms with Crippen molar-refractivity contribution >= 4 is 37.5 Å². The number of hydrogen-bond acceptors (Lipinski definition) is 5. The molecule has 4 rings (SSSR count). The van der Waals surface area contributed by atoms with Gasteiger partial charge in [-0.25, -0.2) is 8.42 Å². The Hall–Kier alpha value is -2.49. The Bertz CT molecular complexity index is 1350. The molecule has 7 nitrogen and oxygen atoms in total. The van der Waals surface area contributed by atoms with Gasteiger partial charge in [0.15, 0.2) is 4.80 Å². The highest BCUT2D eigenvalue weighted by molar-refractivity contribution is 7.89. The van der Waals surface area contributed by atoms with E-state index < -0.39 is 10.0 Å². The predicted molar refractivity (Wildman–Crippen MR) is 130 cm³/mol. The van der Waals surface area contributed by atoms with Crippen LogP contribution in [0.3, 0.4) is 0 Å². The Morgan fingerprint density at radius 2 is 1.79 bits per heavy atom. The fourth-order valence-corrected chi connectivity index (χ4v) is 6.86. The van der Waals surface area contributed by atoms with Gasteiger partial charge in [-0.2, -0.15) is 9.30 Å². The van der Waals surface area contributed by atoms with Crippen LogP contribution in [0, 0.1) is 19.8 Å². The van der Waals surface area contributed by atoms with Gasteiger partial charge in [0.2, 0.25) is 10.0 Å². The molecule has 9 heteroatoms. The summed E-state index contributed by atoms with van der Waals surface area (Å²) >= 11 is 1.49. The van der Waals surface area contributed by atoms with E-state index in [1.807, 2.05) is 37.5 Å². The number of thiazole rings is 1. The Morgan fingerprint density at radius 3 is 2.39 bits per heavy atom. The van der Waals surface area contributed by atoms with E-state index in [0.717, 1.165) is 27.1 Å². The number of methoxy groups -OCH3 is 1. The topological polar surface area (TPSA) is 81.0 Å².